The van der Waals surface area contributed by atoms with Gasteiger partial charge in [0.2, 0.25) is 0 Å². The first-order valence-electron chi connectivity index (χ1n) is 9.11. The maximum atomic E-state index is 12.4. The topological polar surface area (TPSA) is 65.1 Å². The summed E-state index contributed by atoms with van der Waals surface area (Å²) in [6, 6.07) is 14.2. The number of benzene rings is 2. The lowest BCUT2D eigenvalue weighted by Gasteiger charge is -2.26. The fourth-order valence-corrected chi connectivity index (χ4v) is 2.83. The van der Waals surface area contributed by atoms with E-state index in [-0.39, 0.29) is 18.3 Å². The molecule has 1 aliphatic rings. The predicted octanol–water partition coefficient (Wildman–Crippen LogP) is 2.83. The van der Waals surface area contributed by atoms with Crippen molar-refractivity contribution in [1.29, 1.82) is 0 Å². The number of rotatable bonds is 7. The third-order valence-corrected chi connectivity index (χ3v) is 4.42. The molecule has 0 bridgehead atoms. The SMILES string of the molecule is COc1ccccc1C=CC(=O)c1ccc(OCC(=O)N2CCOCC2)cc1. The van der Waals surface area contributed by atoms with Crippen molar-refractivity contribution >= 4 is 17.8 Å². The van der Waals surface area contributed by atoms with Crippen LogP contribution in [0.3, 0.4) is 0 Å². The Hall–Kier alpha value is -3.12. The Labute approximate surface area is 164 Å². The van der Waals surface area contributed by atoms with Crippen molar-refractivity contribution in [3.63, 3.8) is 0 Å². The van der Waals surface area contributed by atoms with Gasteiger partial charge in [-0.1, -0.05) is 18.2 Å². The molecular formula is C22H23NO5. The third kappa shape index (κ3) is 5.20. The van der Waals surface area contributed by atoms with Crippen molar-refractivity contribution < 1.29 is 23.8 Å². The maximum Gasteiger partial charge on any atom is 0.260 e. The molecule has 1 saturated heterocycles. The lowest BCUT2D eigenvalue weighted by molar-refractivity contribution is -0.137. The van der Waals surface area contributed by atoms with E-state index in [0.717, 1.165) is 5.56 Å². The lowest BCUT2D eigenvalue weighted by Crippen LogP contribution is -2.42. The molecule has 1 heterocycles. The Morgan fingerprint density at radius 2 is 1.79 bits per heavy atom. The van der Waals surface area contributed by atoms with Crippen LogP contribution in [0, 0.1) is 0 Å². The predicted molar refractivity (Wildman–Crippen MR) is 106 cm³/mol. The van der Waals surface area contributed by atoms with Gasteiger partial charge in [-0.2, -0.15) is 0 Å². The minimum Gasteiger partial charge on any atom is -0.496 e. The highest BCUT2D eigenvalue weighted by molar-refractivity contribution is 6.07. The van der Waals surface area contributed by atoms with Gasteiger partial charge in [0.25, 0.3) is 5.91 Å². The van der Waals surface area contributed by atoms with Gasteiger partial charge >= 0.3 is 0 Å². The van der Waals surface area contributed by atoms with Crippen molar-refractivity contribution in [2.24, 2.45) is 0 Å². The summed E-state index contributed by atoms with van der Waals surface area (Å²) in [6.07, 6.45) is 3.24. The summed E-state index contributed by atoms with van der Waals surface area (Å²) in [4.78, 5) is 26.2. The summed E-state index contributed by atoms with van der Waals surface area (Å²) in [5, 5.41) is 0. The molecule has 2 aromatic rings. The second-order valence-corrected chi connectivity index (χ2v) is 6.25. The Kier molecular flexibility index (Phi) is 6.81. The molecule has 0 spiro atoms. The van der Waals surface area contributed by atoms with Crippen LogP contribution in [-0.4, -0.2) is 56.6 Å². The van der Waals surface area contributed by atoms with Gasteiger partial charge in [-0.3, -0.25) is 9.59 Å². The van der Waals surface area contributed by atoms with Crippen molar-refractivity contribution in [2.45, 2.75) is 0 Å². The second kappa shape index (κ2) is 9.71. The van der Waals surface area contributed by atoms with E-state index in [9.17, 15) is 9.59 Å². The molecule has 28 heavy (non-hydrogen) atoms. The first-order chi connectivity index (χ1) is 13.7. The summed E-state index contributed by atoms with van der Waals surface area (Å²) in [7, 11) is 1.59. The molecule has 146 valence electrons. The van der Waals surface area contributed by atoms with E-state index in [2.05, 4.69) is 0 Å². The summed E-state index contributed by atoms with van der Waals surface area (Å²) < 4.78 is 16.0. The second-order valence-electron chi connectivity index (χ2n) is 6.25. The first-order valence-corrected chi connectivity index (χ1v) is 9.11. The normalized spacial score (nSPS) is 14.1. The van der Waals surface area contributed by atoms with E-state index in [1.165, 1.54) is 6.08 Å². The number of allylic oxidation sites excluding steroid dienone is 1. The van der Waals surface area contributed by atoms with Crippen LogP contribution in [0.4, 0.5) is 0 Å². The largest absolute Gasteiger partial charge is 0.496 e. The Morgan fingerprint density at radius 1 is 1.07 bits per heavy atom. The Balaban J connectivity index is 1.55. The molecule has 0 N–H and O–H groups in total. The number of methoxy groups -OCH3 is 1. The maximum absolute atomic E-state index is 12.4. The van der Waals surface area contributed by atoms with Gasteiger partial charge in [0.1, 0.15) is 11.5 Å². The van der Waals surface area contributed by atoms with E-state index >= 15 is 0 Å². The van der Waals surface area contributed by atoms with Crippen LogP contribution in [0.5, 0.6) is 11.5 Å². The molecule has 2 aromatic carbocycles. The highest BCUT2D eigenvalue weighted by Crippen LogP contribution is 2.19. The van der Waals surface area contributed by atoms with Crippen molar-refractivity contribution in [3.8, 4) is 11.5 Å². The number of nitrogens with zero attached hydrogens (tertiary/aromatic N) is 1. The average Bonchev–Trinajstić information content (AvgIpc) is 2.77. The van der Waals surface area contributed by atoms with E-state index < -0.39 is 0 Å². The van der Waals surface area contributed by atoms with Crippen molar-refractivity contribution in [3.05, 3.63) is 65.7 Å². The zero-order chi connectivity index (χ0) is 19.8. The number of carbonyl (C=O) groups is 2. The number of carbonyl (C=O) groups excluding carboxylic acids is 2. The van der Waals surface area contributed by atoms with Crippen LogP contribution in [0.1, 0.15) is 15.9 Å². The molecule has 0 saturated carbocycles. The Bertz CT molecular complexity index is 838. The van der Waals surface area contributed by atoms with Gasteiger partial charge in [0.15, 0.2) is 12.4 Å². The molecule has 1 aliphatic heterocycles. The minimum atomic E-state index is -0.123. The van der Waals surface area contributed by atoms with Gasteiger partial charge in [-0.05, 0) is 42.5 Å². The fourth-order valence-electron chi connectivity index (χ4n) is 2.83. The molecule has 1 fully saturated rings. The van der Waals surface area contributed by atoms with E-state index in [1.54, 1.807) is 42.4 Å². The summed E-state index contributed by atoms with van der Waals surface area (Å²) in [6.45, 7) is 2.28. The zero-order valence-corrected chi connectivity index (χ0v) is 15.8. The summed E-state index contributed by atoms with van der Waals surface area (Å²) in [5.41, 5.74) is 1.37. The smallest absolute Gasteiger partial charge is 0.260 e. The fraction of sp³-hybridized carbons (Fsp3) is 0.273. The van der Waals surface area contributed by atoms with Crippen molar-refractivity contribution in [1.82, 2.24) is 4.90 Å². The molecule has 0 aliphatic carbocycles. The number of para-hydroxylation sites is 1. The molecule has 0 aromatic heterocycles. The highest BCUT2D eigenvalue weighted by atomic mass is 16.5. The number of ketones is 1. The number of morpholine rings is 1. The van der Waals surface area contributed by atoms with E-state index in [0.29, 0.717) is 43.4 Å². The van der Waals surface area contributed by atoms with Crippen LogP contribution in [-0.2, 0) is 9.53 Å². The van der Waals surface area contributed by atoms with Gasteiger partial charge < -0.3 is 19.1 Å². The summed E-state index contributed by atoms with van der Waals surface area (Å²) >= 11 is 0. The lowest BCUT2D eigenvalue weighted by atomic mass is 10.1. The van der Waals surface area contributed by atoms with Gasteiger partial charge in [0, 0.05) is 24.2 Å². The quantitative estimate of drug-likeness (QED) is 0.545. The van der Waals surface area contributed by atoms with Gasteiger partial charge in [-0.25, -0.2) is 0 Å². The van der Waals surface area contributed by atoms with Crippen LogP contribution in [0.2, 0.25) is 0 Å². The molecule has 0 radical (unpaired) electrons. The van der Waals surface area contributed by atoms with E-state index in [1.807, 2.05) is 24.3 Å². The molecule has 3 rings (SSSR count). The minimum absolute atomic E-state index is 0.0268. The Morgan fingerprint density at radius 3 is 2.50 bits per heavy atom. The molecule has 1 amide bonds. The number of hydrogen-bond donors (Lipinski definition) is 0. The third-order valence-electron chi connectivity index (χ3n) is 4.42. The number of hydrogen-bond acceptors (Lipinski definition) is 5. The van der Waals surface area contributed by atoms with Crippen LogP contribution in [0.15, 0.2) is 54.6 Å². The van der Waals surface area contributed by atoms with Gasteiger partial charge in [0.05, 0.1) is 20.3 Å². The van der Waals surface area contributed by atoms with Crippen molar-refractivity contribution in [2.75, 3.05) is 40.0 Å². The molecule has 0 unspecified atom stereocenters. The monoisotopic (exact) mass is 381 g/mol. The van der Waals surface area contributed by atoms with Gasteiger partial charge in [-0.15, -0.1) is 0 Å². The zero-order valence-electron chi connectivity index (χ0n) is 15.8. The first kappa shape index (κ1) is 19.6. The number of ether oxygens (including phenoxy) is 3. The molecule has 6 heteroatoms. The molecule has 0 atom stereocenters. The van der Waals surface area contributed by atoms with E-state index in [4.69, 9.17) is 14.2 Å². The van der Waals surface area contributed by atoms with Crippen LogP contribution >= 0.6 is 0 Å². The summed E-state index contributed by atoms with van der Waals surface area (Å²) in [5.74, 6) is 1.07. The highest BCUT2D eigenvalue weighted by Gasteiger charge is 2.17. The van der Waals surface area contributed by atoms with Crippen LogP contribution < -0.4 is 9.47 Å². The average molecular weight is 381 g/mol. The molecule has 6 nitrogen and oxygen atoms in total. The number of amides is 1. The standard InChI is InChI=1S/C22H23NO5/c1-26-21-5-3-2-4-18(21)8-11-20(24)17-6-9-19(10-7-17)28-16-22(25)23-12-14-27-15-13-23/h2-11H,12-16H2,1H3. The molecular weight excluding hydrogens is 358 g/mol. The van der Waals surface area contributed by atoms with Crippen LogP contribution in [0.25, 0.3) is 6.08 Å².